The third-order valence-electron chi connectivity index (χ3n) is 5.40. The number of nitriles is 1. The van der Waals surface area contributed by atoms with Gasteiger partial charge in [0.1, 0.15) is 6.10 Å². The fourth-order valence-electron chi connectivity index (χ4n) is 4.60. The van der Waals surface area contributed by atoms with Gasteiger partial charge in [0.2, 0.25) is 0 Å². The molecule has 15 heavy (non-hydrogen) atoms. The lowest BCUT2D eigenvalue weighted by atomic mass is 9.59. The van der Waals surface area contributed by atoms with E-state index in [1.54, 1.807) is 0 Å². The molecule has 0 aromatic heterocycles. The summed E-state index contributed by atoms with van der Waals surface area (Å²) in [4.78, 5) is 12.0. The predicted octanol–water partition coefficient (Wildman–Crippen LogP) is 1.73. The smallest absolute Gasteiger partial charge is 0.327 e. The minimum absolute atomic E-state index is 0.0224. The van der Waals surface area contributed by atoms with E-state index in [9.17, 15) is 10.1 Å². The number of fused-ring (bicyclic) bond motifs is 1. The van der Waals surface area contributed by atoms with Gasteiger partial charge in [-0.3, -0.25) is 4.79 Å². The molecule has 3 fully saturated rings. The number of esters is 1. The van der Waals surface area contributed by atoms with Crippen molar-refractivity contribution in [2.24, 2.45) is 28.6 Å². The van der Waals surface area contributed by atoms with Crippen LogP contribution in [0.5, 0.6) is 0 Å². The second-order valence-corrected chi connectivity index (χ2v) is 5.68. The van der Waals surface area contributed by atoms with Crippen molar-refractivity contribution in [1.82, 2.24) is 0 Å². The summed E-state index contributed by atoms with van der Waals surface area (Å²) in [5, 5.41) is 9.41. The van der Waals surface area contributed by atoms with Gasteiger partial charge in [0.05, 0.1) is 6.07 Å². The Kier molecular flexibility index (Phi) is 1.36. The van der Waals surface area contributed by atoms with Gasteiger partial charge in [-0.05, 0) is 24.2 Å². The average molecular weight is 205 g/mol. The monoisotopic (exact) mass is 205 g/mol. The summed E-state index contributed by atoms with van der Waals surface area (Å²) in [6.07, 6.45) is 0.949. The number of carbonyl (C=O) groups excluding carboxylic acids is 1. The van der Waals surface area contributed by atoms with Crippen LogP contribution in [0.4, 0.5) is 0 Å². The molecule has 6 unspecified atom stereocenters. The van der Waals surface area contributed by atoms with Gasteiger partial charge >= 0.3 is 5.97 Å². The lowest BCUT2D eigenvalue weighted by Gasteiger charge is -2.37. The van der Waals surface area contributed by atoms with E-state index in [0.29, 0.717) is 11.8 Å². The zero-order chi connectivity index (χ0) is 11.0. The molecule has 1 saturated heterocycles. The molecule has 0 radical (unpaired) electrons. The highest BCUT2D eigenvalue weighted by molar-refractivity contribution is 5.86. The lowest BCUT2D eigenvalue weighted by molar-refractivity contribution is -0.147. The number of carbonyl (C=O) groups is 1. The van der Waals surface area contributed by atoms with Gasteiger partial charge in [-0.25, -0.2) is 0 Å². The molecule has 2 saturated carbocycles. The largest absolute Gasteiger partial charge is 0.460 e. The third kappa shape index (κ3) is 0.624. The van der Waals surface area contributed by atoms with Gasteiger partial charge in [-0.15, -0.1) is 0 Å². The number of hydrogen-bond acceptors (Lipinski definition) is 3. The maximum absolute atomic E-state index is 12.0. The van der Waals surface area contributed by atoms with Crippen LogP contribution in [0.1, 0.15) is 27.2 Å². The van der Waals surface area contributed by atoms with Crippen LogP contribution in [0, 0.1) is 39.9 Å². The molecule has 0 spiro atoms. The lowest BCUT2D eigenvalue weighted by Crippen LogP contribution is -2.46. The first kappa shape index (κ1) is 9.21. The molecule has 3 aliphatic rings. The fourth-order valence-corrected chi connectivity index (χ4v) is 4.60. The SMILES string of the molecule is CC1C2CC3(C)C1OC(=O)C3(C#N)C2C. The van der Waals surface area contributed by atoms with Crippen LogP contribution >= 0.6 is 0 Å². The molecule has 0 N–H and O–H groups in total. The summed E-state index contributed by atoms with van der Waals surface area (Å²) in [5.41, 5.74) is -1.09. The fraction of sp³-hybridized carbons (Fsp3) is 0.833. The normalized spacial score (nSPS) is 60.5. The minimum atomic E-state index is -0.852. The van der Waals surface area contributed by atoms with Gasteiger partial charge in [0.25, 0.3) is 0 Å². The van der Waals surface area contributed by atoms with Gasteiger partial charge < -0.3 is 4.74 Å². The molecule has 3 heteroatoms. The van der Waals surface area contributed by atoms with Gasteiger partial charge in [0.15, 0.2) is 5.41 Å². The maximum Gasteiger partial charge on any atom is 0.327 e. The van der Waals surface area contributed by atoms with E-state index < -0.39 is 5.41 Å². The molecule has 2 bridgehead atoms. The Morgan fingerprint density at radius 3 is 2.73 bits per heavy atom. The number of rotatable bonds is 0. The van der Waals surface area contributed by atoms with Crippen molar-refractivity contribution in [2.45, 2.75) is 33.3 Å². The van der Waals surface area contributed by atoms with Gasteiger partial charge in [-0.1, -0.05) is 20.8 Å². The van der Waals surface area contributed by atoms with Crippen LogP contribution in [0.2, 0.25) is 0 Å². The van der Waals surface area contributed by atoms with Crippen LogP contribution in [0.3, 0.4) is 0 Å². The van der Waals surface area contributed by atoms with Crippen molar-refractivity contribution < 1.29 is 9.53 Å². The molecule has 6 atom stereocenters. The predicted molar refractivity (Wildman–Crippen MR) is 52.5 cm³/mol. The topological polar surface area (TPSA) is 50.1 Å². The second kappa shape index (κ2) is 2.21. The summed E-state index contributed by atoms with van der Waals surface area (Å²) in [5.74, 6) is 0.773. The first-order chi connectivity index (χ1) is 6.99. The Bertz CT molecular complexity index is 399. The van der Waals surface area contributed by atoms with Crippen LogP contribution < -0.4 is 0 Å². The summed E-state index contributed by atoms with van der Waals surface area (Å²) in [6.45, 7) is 6.25. The summed E-state index contributed by atoms with van der Waals surface area (Å²) >= 11 is 0. The van der Waals surface area contributed by atoms with E-state index in [4.69, 9.17) is 4.74 Å². The maximum atomic E-state index is 12.0. The molecule has 0 aromatic carbocycles. The second-order valence-electron chi connectivity index (χ2n) is 5.68. The number of ether oxygens (including phenoxy) is 1. The highest BCUT2D eigenvalue weighted by atomic mass is 16.6. The zero-order valence-corrected chi connectivity index (χ0v) is 9.28. The van der Waals surface area contributed by atoms with E-state index in [0.717, 1.165) is 6.42 Å². The quantitative estimate of drug-likeness (QED) is 0.566. The van der Waals surface area contributed by atoms with Crippen molar-refractivity contribution in [1.29, 1.82) is 5.26 Å². The van der Waals surface area contributed by atoms with Crippen LogP contribution in [0.15, 0.2) is 0 Å². The molecule has 3 rings (SSSR count). The highest BCUT2D eigenvalue weighted by Crippen LogP contribution is 2.73. The van der Waals surface area contributed by atoms with Gasteiger partial charge in [0, 0.05) is 5.41 Å². The molecule has 1 heterocycles. The minimum Gasteiger partial charge on any atom is -0.460 e. The van der Waals surface area contributed by atoms with E-state index in [1.807, 2.05) is 6.92 Å². The van der Waals surface area contributed by atoms with Crippen LogP contribution in [-0.2, 0) is 9.53 Å². The molecular weight excluding hydrogens is 190 g/mol. The van der Waals surface area contributed by atoms with Crippen molar-refractivity contribution >= 4 is 5.97 Å². The average Bonchev–Trinajstić information content (AvgIpc) is 2.64. The summed E-state index contributed by atoms with van der Waals surface area (Å²) < 4.78 is 5.46. The molecular formula is C12H15NO2. The van der Waals surface area contributed by atoms with Crippen molar-refractivity contribution in [2.75, 3.05) is 0 Å². The van der Waals surface area contributed by atoms with Crippen LogP contribution in [-0.4, -0.2) is 12.1 Å². The Morgan fingerprint density at radius 2 is 2.20 bits per heavy atom. The molecule has 1 aliphatic heterocycles. The summed E-state index contributed by atoms with van der Waals surface area (Å²) in [7, 11) is 0. The first-order valence-corrected chi connectivity index (χ1v) is 5.61. The first-order valence-electron chi connectivity index (χ1n) is 5.61. The zero-order valence-electron chi connectivity index (χ0n) is 9.28. The van der Waals surface area contributed by atoms with Crippen molar-refractivity contribution in [3.63, 3.8) is 0 Å². The molecule has 3 nitrogen and oxygen atoms in total. The standard InChI is InChI=1S/C12H15NO2/c1-6-8-4-11(3)9(6)15-10(14)12(11,5-13)7(8)2/h6-9H,4H2,1-3H3. The number of nitrogens with zero attached hydrogens (tertiary/aromatic N) is 1. The molecule has 0 aromatic rings. The van der Waals surface area contributed by atoms with E-state index in [2.05, 4.69) is 19.9 Å². The molecule has 0 amide bonds. The van der Waals surface area contributed by atoms with Crippen molar-refractivity contribution in [3.05, 3.63) is 0 Å². The Labute approximate surface area is 89.4 Å². The Balaban J connectivity index is 2.26. The van der Waals surface area contributed by atoms with E-state index in [-0.39, 0.29) is 23.4 Å². The van der Waals surface area contributed by atoms with E-state index in [1.165, 1.54) is 0 Å². The highest BCUT2D eigenvalue weighted by Gasteiger charge is 2.79. The number of hydrogen-bond donors (Lipinski definition) is 0. The van der Waals surface area contributed by atoms with Crippen molar-refractivity contribution in [3.8, 4) is 6.07 Å². The Hall–Kier alpha value is -1.04. The summed E-state index contributed by atoms with van der Waals surface area (Å²) in [6, 6.07) is 2.29. The molecule has 2 aliphatic carbocycles. The van der Waals surface area contributed by atoms with E-state index >= 15 is 0 Å². The van der Waals surface area contributed by atoms with Gasteiger partial charge in [-0.2, -0.15) is 5.26 Å². The van der Waals surface area contributed by atoms with Crippen LogP contribution in [0.25, 0.3) is 0 Å². The molecule has 80 valence electrons. The Morgan fingerprint density at radius 1 is 1.53 bits per heavy atom. The third-order valence-corrected chi connectivity index (χ3v) is 5.40.